The lowest BCUT2D eigenvalue weighted by atomic mass is 10.1. The Balaban J connectivity index is 2.61. The molecule has 0 saturated carbocycles. The second-order valence-corrected chi connectivity index (χ2v) is 6.26. The fourth-order valence-corrected chi connectivity index (χ4v) is 2.37. The van der Waals surface area contributed by atoms with Crippen molar-refractivity contribution in [3.8, 4) is 5.75 Å². The van der Waals surface area contributed by atoms with Gasteiger partial charge in [0.15, 0.2) is 0 Å². The standard InChI is InChI=1S/C19H29NO4/c1-4-5-6-7-8-9-12-24-17-11-10-15(13-16(17)19(22)23)18(21)20-14(2)3/h10-11,13-14H,4-9,12H2,1-3H3,(H,20,21)(H,22,23). The third kappa shape index (κ3) is 7.02. The van der Waals surface area contributed by atoms with Crippen LogP contribution in [0.15, 0.2) is 18.2 Å². The van der Waals surface area contributed by atoms with E-state index in [1.807, 2.05) is 13.8 Å². The number of benzene rings is 1. The number of ether oxygens (including phenoxy) is 1. The van der Waals surface area contributed by atoms with Gasteiger partial charge in [0.1, 0.15) is 11.3 Å². The molecule has 5 heteroatoms. The van der Waals surface area contributed by atoms with Gasteiger partial charge in [-0.1, -0.05) is 39.0 Å². The number of unbranched alkanes of at least 4 members (excludes halogenated alkanes) is 5. The molecule has 0 aliphatic carbocycles. The van der Waals surface area contributed by atoms with Crippen molar-refractivity contribution in [2.45, 2.75) is 65.3 Å². The second kappa shape index (κ2) is 10.7. The lowest BCUT2D eigenvalue weighted by Crippen LogP contribution is -2.30. The molecule has 1 aromatic rings. The largest absolute Gasteiger partial charge is 0.493 e. The number of carboxylic acid groups (broad SMARTS) is 1. The van der Waals surface area contributed by atoms with Gasteiger partial charge in [0.05, 0.1) is 6.61 Å². The first-order valence-electron chi connectivity index (χ1n) is 8.76. The predicted molar refractivity (Wildman–Crippen MR) is 94.9 cm³/mol. The average Bonchev–Trinajstić information content (AvgIpc) is 2.53. The van der Waals surface area contributed by atoms with Crippen LogP contribution in [0.5, 0.6) is 5.75 Å². The highest BCUT2D eigenvalue weighted by atomic mass is 16.5. The minimum atomic E-state index is -1.09. The summed E-state index contributed by atoms with van der Waals surface area (Å²) in [5.41, 5.74) is 0.352. The molecule has 1 amide bonds. The molecule has 0 bridgehead atoms. The predicted octanol–water partition coefficient (Wildman–Crippen LogP) is 4.26. The number of hydrogen-bond acceptors (Lipinski definition) is 3. The highest BCUT2D eigenvalue weighted by Crippen LogP contribution is 2.21. The monoisotopic (exact) mass is 335 g/mol. The van der Waals surface area contributed by atoms with E-state index in [2.05, 4.69) is 12.2 Å². The Labute approximate surface area is 144 Å². The molecular weight excluding hydrogens is 306 g/mol. The van der Waals surface area contributed by atoms with Crippen LogP contribution in [0.2, 0.25) is 0 Å². The van der Waals surface area contributed by atoms with Crippen molar-refractivity contribution in [2.75, 3.05) is 6.61 Å². The van der Waals surface area contributed by atoms with Crippen LogP contribution >= 0.6 is 0 Å². The van der Waals surface area contributed by atoms with Gasteiger partial charge in [-0.3, -0.25) is 4.79 Å². The SMILES string of the molecule is CCCCCCCCOc1ccc(C(=O)NC(C)C)cc1C(=O)O. The number of carbonyl (C=O) groups excluding carboxylic acids is 1. The molecule has 0 atom stereocenters. The zero-order valence-corrected chi connectivity index (χ0v) is 14.9. The van der Waals surface area contributed by atoms with Gasteiger partial charge in [-0.25, -0.2) is 4.79 Å². The van der Waals surface area contributed by atoms with E-state index >= 15 is 0 Å². The molecule has 1 rings (SSSR count). The van der Waals surface area contributed by atoms with E-state index in [4.69, 9.17) is 4.74 Å². The lowest BCUT2D eigenvalue weighted by Gasteiger charge is -2.12. The number of rotatable bonds is 11. The lowest BCUT2D eigenvalue weighted by molar-refractivity contribution is 0.0692. The molecule has 24 heavy (non-hydrogen) atoms. The molecule has 0 heterocycles. The molecule has 1 aromatic carbocycles. The molecule has 0 aliphatic heterocycles. The van der Waals surface area contributed by atoms with Crippen molar-refractivity contribution in [3.05, 3.63) is 29.3 Å². The van der Waals surface area contributed by atoms with Gasteiger partial charge in [-0.2, -0.15) is 0 Å². The smallest absolute Gasteiger partial charge is 0.339 e. The molecule has 2 N–H and O–H groups in total. The van der Waals surface area contributed by atoms with E-state index in [1.54, 1.807) is 12.1 Å². The summed E-state index contributed by atoms with van der Waals surface area (Å²) in [5, 5.41) is 12.1. The maximum Gasteiger partial charge on any atom is 0.339 e. The summed E-state index contributed by atoms with van der Waals surface area (Å²) >= 11 is 0. The first kappa shape index (κ1) is 20.0. The third-order valence-corrected chi connectivity index (χ3v) is 3.65. The van der Waals surface area contributed by atoms with Crippen LogP contribution in [0.4, 0.5) is 0 Å². The Morgan fingerprint density at radius 1 is 1.12 bits per heavy atom. The third-order valence-electron chi connectivity index (χ3n) is 3.65. The van der Waals surface area contributed by atoms with Crippen LogP contribution in [-0.4, -0.2) is 29.6 Å². The number of hydrogen-bond donors (Lipinski definition) is 2. The summed E-state index contributed by atoms with van der Waals surface area (Å²) in [6, 6.07) is 4.53. The van der Waals surface area contributed by atoms with E-state index in [-0.39, 0.29) is 17.5 Å². The van der Waals surface area contributed by atoms with Crippen molar-refractivity contribution < 1.29 is 19.4 Å². The first-order chi connectivity index (χ1) is 11.5. The van der Waals surface area contributed by atoms with Crippen LogP contribution < -0.4 is 10.1 Å². The fraction of sp³-hybridized carbons (Fsp3) is 0.579. The number of aromatic carboxylic acids is 1. The van der Waals surface area contributed by atoms with Crippen molar-refractivity contribution >= 4 is 11.9 Å². The molecule has 0 aliphatic rings. The van der Waals surface area contributed by atoms with Gasteiger partial charge >= 0.3 is 5.97 Å². The Morgan fingerprint density at radius 2 is 1.79 bits per heavy atom. The van der Waals surface area contributed by atoms with Crippen LogP contribution in [0, 0.1) is 0 Å². The van der Waals surface area contributed by atoms with Gasteiger partial charge in [0.25, 0.3) is 5.91 Å². The van der Waals surface area contributed by atoms with Gasteiger partial charge in [-0.05, 0) is 38.5 Å². The highest BCUT2D eigenvalue weighted by molar-refractivity contribution is 5.99. The highest BCUT2D eigenvalue weighted by Gasteiger charge is 2.16. The molecule has 0 aromatic heterocycles. The number of amides is 1. The van der Waals surface area contributed by atoms with E-state index in [1.165, 1.54) is 31.7 Å². The molecule has 0 unspecified atom stereocenters. The van der Waals surface area contributed by atoms with Gasteiger partial charge < -0.3 is 15.2 Å². The van der Waals surface area contributed by atoms with E-state index in [9.17, 15) is 14.7 Å². The second-order valence-electron chi connectivity index (χ2n) is 6.26. The summed E-state index contributed by atoms with van der Waals surface area (Å²) in [6.07, 6.45) is 6.86. The summed E-state index contributed by atoms with van der Waals surface area (Å²) in [4.78, 5) is 23.4. The van der Waals surface area contributed by atoms with Crippen LogP contribution in [0.3, 0.4) is 0 Å². The molecule has 0 radical (unpaired) electrons. The van der Waals surface area contributed by atoms with Crippen molar-refractivity contribution in [1.29, 1.82) is 0 Å². The number of carboxylic acids is 1. The normalized spacial score (nSPS) is 10.7. The van der Waals surface area contributed by atoms with Gasteiger partial charge in [0.2, 0.25) is 0 Å². The Bertz CT molecular complexity index is 540. The van der Waals surface area contributed by atoms with Crippen molar-refractivity contribution in [3.63, 3.8) is 0 Å². The number of nitrogens with one attached hydrogen (secondary N) is 1. The van der Waals surface area contributed by atoms with E-state index in [0.717, 1.165) is 12.8 Å². The van der Waals surface area contributed by atoms with Crippen molar-refractivity contribution in [2.24, 2.45) is 0 Å². The van der Waals surface area contributed by atoms with Crippen LogP contribution in [-0.2, 0) is 0 Å². The molecule has 134 valence electrons. The fourth-order valence-electron chi connectivity index (χ4n) is 2.37. The Morgan fingerprint density at radius 3 is 2.42 bits per heavy atom. The van der Waals surface area contributed by atoms with E-state index in [0.29, 0.717) is 17.9 Å². The summed E-state index contributed by atoms with van der Waals surface area (Å²) in [5.74, 6) is -1.06. The summed E-state index contributed by atoms with van der Waals surface area (Å²) in [7, 11) is 0. The summed E-state index contributed by atoms with van der Waals surface area (Å²) in [6.45, 7) is 6.38. The summed E-state index contributed by atoms with van der Waals surface area (Å²) < 4.78 is 5.61. The van der Waals surface area contributed by atoms with Gasteiger partial charge in [-0.15, -0.1) is 0 Å². The molecule has 0 saturated heterocycles. The molecular formula is C19H29NO4. The zero-order chi connectivity index (χ0) is 17.9. The zero-order valence-electron chi connectivity index (χ0n) is 14.9. The Hall–Kier alpha value is -2.04. The quantitative estimate of drug-likeness (QED) is 0.592. The molecule has 0 fully saturated rings. The average molecular weight is 335 g/mol. The van der Waals surface area contributed by atoms with Crippen LogP contribution in [0.25, 0.3) is 0 Å². The molecule has 0 spiro atoms. The van der Waals surface area contributed by atoms with E-state index < -0.39 is 5.97 Å². The number of carbonyl (C=O) groups is 2. The topological polar surface area (TPSA) is 75.6 Å². The Kier molecular flexibility index (Phi) is 8.90. The van der Waals surface area contributed by atoms with Crippen LogP contribution in [0.1, 0.15) is 80.0 Å². The molecule has 5 nitrogen and oxygen atoms in total. The minimum Gasteiger partial charge on any atom is -0.493 e. The maximum atomic E-state index is 12.0. The van der Waals surface area contributed by atoms with Crippen molar-refractivity contribution in [1.82, 2.24) is 5.32 Å². The maximum absolute atomic E-state index is 12.0. The minimum absolute atomic E-state index is 0.00517. The first-order valence-corrected chi connectivity index (χ1v) is 8.76. The van der Waals surface area contributed by atoms with Gasteiger partial charge in [0, 0.05) is 11.6 Å².